The van der Waals surface area contributed by atoms with Crippen LogP contribution in [-0.4, -0.2) is 61.5 Å². The van der Waals surface area contributed by atoms with Gasteiger partial charge in [-0.2, -0.15) is 5.26 Å². The predicted molar refractivity (Wildman–Crippen MR) is 75.6 cm³/mol. The van der Waals surface area contributed by atoms with Gasteiger partial charge in [-0.3, -0.25) is 9.69 Å². The van der Waals surface area contributed by atoms with Crippen molar-refractivity contribution in [3.8, 4) is 6.07 Å². The second-order valence-electron chi connectivity index (χ2n) is 5.52. The normalized spacial score (nSPS) is 16.9. The largest absolute Gasteiger partial charge is 0.340 e. The van der Waals surface area contributed by atoms with Crippen LogP contribution in [0.4, 0.5) is 0 Å². The molecule has 1 N–H and O–H groups in total. The highest BCUT2D eigenvalue weighted by Crippen LogP contribution is 2.03. The number of hydrogen-bond acceptors (Lipinski definition) is 4. The molecule has 0 atom stereocenters. The Morgan fingerprint density at radius 1 is 1.42 bits per heavy atom. The van der Waals surface area contributed by atoms with Gasteiger partial charge in [-0.15, -0.1) is 0 Å². The van der Waals surface area contributed by atoms with E-state index >= 15 is 0 Å². The van der Waals surface area contributed by atoms with Crippen LogP contribution in [-0.2, 0) is 4.79 Å². The molecule has 0 unspecified atom stereocenters. The zero-order valence-corrected chi connectivity index (χ0v) is 12.2. The van der Waals surface area contributed by atoms with Crippen LogP contribution in [0.2, 0.25) is 0 Å². The van der Waals surface area contributed by atoms with Crippen LogP contribution in [0.25, 0.3) is 0 Å². The van der Waals surface area contributed by atoms with Crippen molar-refractivity contribution in [3.63, 3.8) is 0 Å². The molecule has 1 saturated heterocycles. The van der Waals surface area contributed by atoms with E-state index in [0.717, 1.165) is 39.1 Å². The first-order valence-electron chi connectivity index (χ1n) is 7.21. The third kappa shape index (κ3) is 6.55. The Kier molecular flexibility index (Phi) is 7.46. The van der Waals surface area contributed by atoms with Crippen molar-refractivity contribution >= 4 is 5.91 Å². The summed E-state index contributed by atoms with van der Waals surface area (Å²) >= 11 is 0. The van der Waals surface area contributed by atoms with E-state index in [-0.39, 0.29) is 5.91 Å². The summed E-state index contributed by atoms with van der Waals surface area (Å²) in [5.74, 6) is 0.597. The van der Waals surface area contributed by atoms with E-state index in [9.17, 15) is 4.79 Å². The molecule has 0 bridgehead atoms. The van der Waals surface area contributed by atoms with E-state index in [1.54, 1.807) is 0 Å². The highest BCUT2D eigenvalue weighted by atomic mass is 16.2. The fourth-order valence-corrected chi connectivity index (χ4v) is 2.29. The fourth-order valence-electron chi connectivity index (χ4n) is 2.29. The quantitative estimate of drug-likeness (QED) is 0.768. The molecule has 0 aromatic carbocycles. The second-order valence-corrected chi connectivity index (χ2v) is 5.52. The highest BCUT2D eigenvalue weighted by molar-refractivity contribution is 5.78. The van der Waals surface area contributed by atoms with Crippen LogP contribution in [0.5, 0.6) is 0 Å². The Balaban J connectivity index is 2.47. The van der Waals surface area contributed by atoms with E-state index in [1.807, 2.05) is 4.90 Å². The third-order valence-electron chi connectivity index (χ3n) is 3.22. The summed E-state index contributed by atoms with van der Waals surface area (Å²) in [4.78, 5) is 16.4. The Morgan fingerprint density at radius 2 is 2.21 bits per heavy atom. The molecule has 0 aromatic rings. The van der Waals surface area contributed by atoms with E-state index in [1.165, 1.54) is 0 Å². The average Bonchev–Trinajstić information content (AvgIpc) is 2.62. The first-order valence-corrected chi connectivity index (χ1v) is 7.21. The van der Waals surface area contributed by atoms with Crippen molar-refractivity contribution in [3.05, 3.63) is 0 Å². The summed E-state index contributed by atoms with van der Waals surface area (Å²) in [6, 6.07) is 2.12. The van der Waals surface area contributed by atoms with Gasteiger partial charge in [0.25, 0.3) is 0 Å². The second kappa shape index (κ2) is 8.89. The van der Waals surface area contributed by atoms with Gasteiger partial charge in [0.05, 0.1) is 19.0 Å². The Labute approximate surface area is 116 Å². The standard InChI is InChI=1S/C14H26N4O/c1-13(2)11-18(9-3-5-15)14(19)12-17-8-4-6-16-7-10-17/h13,16H,3-4,6-12H2,1-2H3. The maximum atomic E-state index is 12.3. The van der Waals surface area contributed by atoms with Crippen LogP contribution in [0.15, 0.2) is 0 Å². The van der Waals surface area contributed by atoms with Crippen LogP contribution in [0.1, 0.15) is 26.7 Å². The molecule has 0 aromatic heterocycles. The number of nitrogens with one attached hydrogen (secondary N) is 1. The minimum atomic E-state index is 0.158. The molecule has 0 saturated carbocycles. The zero-order chi connectivity index (χ0) is 14.1. The molecule has 1 aliphatic rings. The summed E-state index contributed by atoms with van der Waals surface area (Å²) in [6.45, 7) is 9.88. The lowest BCUT2D eigenvalue weighted by Crippen LogP contribution is -2.43. The van der Waals surface area contributed by atoms with Crippen molar-refractivity contribution in [1.82, 2.24) is 15.1 Å². The van der Waals surface area contributed by atoms with Crippen molar-refractivity contribution in [2.45, 2.75) is 26.7 Å². The molecule has 0 spiro atoms. The van der Waals surface area contributed by atoms with Gasteiger partial charge in [0.2, 0.25) is 5.91 Å². The van der Waals surface area contributed by atoms with E-state index < -0.39 is 0 Å². The van der Waals surface area contributed by atoms with E-state index in [4.69, 9.17) is 5.26 Å². The number of rotatable bonds is 6. The van der Waals surface area contributed by atoms with Crippen LogP contribution in [0.3, 0.4) is 0 Å². The first kappa shape index (κ1) is 15.9. The van der Waals surface area contributed by atoms with Crippen molar-refractivity contribution in [2.24, 2.45) is 5.92 Å². The van der Waals surface area contributed by atoms with Gasteiger partial charge in [0.15, 0.2) is 0 Å². The molecule has 108 valence electrons. The molecule has 5 nitrogen and oxygen atoms in total. The van der Waals surface area contributed by atoms with Crippen LogP contribution < -0.4 is 5.32 Å². The fraction of sp³-hybridized carbons (Fsp3) is 0.857. The summed E-state index contributed by atoms with van der Waals surface area (Å²) in [6.07, 6.45) is 1.51. The number of amides is 1. The first-order chi connectivity index (χ1) is 9.13. The smallest absolute Gasteiger partial charge is 0.236 e. The minimum absolute atomic E-state index is 0.158. The Hall–Kier alpha value is -1.12. The van der Waals surface area contributed by atoms with Gasteiger partial charge in [-0.1, -0.05) is 13.8 Å². The van der Waals surface area contributed by atoms with Gasteiger partial charge in [0.1, 0.15) is 0 Å². The number of carbonyl (C=O) groups excluding carboxylic acids is 1. The predicted octanol–water partition coefficient (Wildman–Crippen LogP) is 0.680. The van der Waals surface area contributed by atoms with Gasteiger partial charge in [-0.25, -0.2) is 0 Å². The summed E-state index contributed by atoms with van der Waals surface area (Å²) < 4.78 is 0. The zero-order valence-electron chi connectivity index (χ0n) is 12.2. The maximum Gasteiger partial charge on any atom is 0.236 e. The molecule has 5 heteroatoms. The summed E-state index contributed by atoms with van der Waals surface area (Å²) in [5.41, 5.74) is 0. The lowest BCUT2D eigenvalue weighted by Gasteiger charge is -2.27. The van der Waals surface area contributed by atoms with Gasteiger partial charge in [0, 0.05) is 26.2 Å². The van der Waals surface area contributed by atoms with Crippen LogP contribution in [0, 0.1) is 17.2 Å². The molecule has 1 aliphatic heterocycles. The average molecular weight is 266 g/mol. The number of nitrogens with zero attached hydrogens (tertiary/aromatic N) is 3. The van der Waals surface area contributed by atoms with Gasteiger partial charge >= 0.3 is 0 Å². The number of hydrogen-bond donors (Lipinski definition) is 1. The topological polar surface area (TPSA) is 59.4 Å². The van der Waals surface area contributed by atoms with E-state index in [0.29, 0.717) is 25.4 Å². The van der Waals surface area contributed by atoms with Crippen molar-refractivity contribution in [2.75, 3.05) is 45.8 Å². The SMILES string of the molecule is CC(C)CN(CCC#N)C(=O)CN1CCCNCC1. The van der Waals surface area contributed by atoms with Crippen molar-refractivity contribution in [1.29, 1.82) is 5.26 Å². The third-order valence-corrected chi connectivity index (χ3v) is 3.22. The van der Waals surface area contributed by atoms with Crippen LogP contribution >= 0.6 is 0 Å². The minimum Gasteiger partial charge on any atom is -0.340 e. The molecular formula is C14H26N4O. The molecule has 0 radical (unpaired) electrons. The Bertz CT molecular complexity index is 303. The molecule has 1 amide bonds. The van der Waals surface area contributed by atoms with Gasteiger partial charge < -0.3 is 10.2 Å². The molecule has 19 heavy (non-hydrogen) atoms. The molecule has 1 fully saturated rings. The molecular weight excluding hydrogens is 240 g/mol. The highest BCUT2D eigenvalue weighted by Gasteiger charge is 2.18. The van der Waals surface area contributed by atoms with Crippen molar-refractivity contribution < 1.29 is 4.79 Å². The number of nitriles is 1. The van der Waals surface area contributed by atoms with Gasteiger partial charge in [-0.05, 0) is 25.4 Å². The maximum absolute atomic E-state index is 12.3. The number of carbonyl (C=O) groups is 1. The monoisotopic (exact) mass is 266 g/mol. The lowest BCUT2D eigenvalue weighted by molar-refractivity contribution is -0.132. The summed E-state index contributed by atoms with van der Waals surface area (Å²) in [5, 5.41) is 12.0. The lowest BCUT2D eigenvalue weighted by atomic mass is 10.2. The summed E-state index contributed by atoms with van der Waals surface area (Å²) in [7, 11) is 0. The molecule has 1 heterocycles. The molecule has 0 aliphatic carbocycles. The molecule has 1 rings (SSSR count). The van der Waals surface area contributed by atoms with E-state index in [2.05, 4.69) is 30.1 Å². The Morgan fingerprint density at radius 3 is 2.89 bits per heavy atom.